The summed E-state index contributed by atoms with van der Waals surface area (Å²) in [7, 11) is -3.60. The van der Waals surface area contributed by atoms with Crippen LogP contribution in [0.1, 0.15) is 67.1 Å². The van der Waals surface area contributed by atoms with Crippen molar-refractivity contribution in [2.24, 2.45) is 0 Å². The zero-order valence-electron chi connectivity index (χ0n) is 17.2. The molecule has 26 heavy (non-hydrogen) atoms. The normalized spacial score (nSPS) is 13.7. The summed E-state index contributed by atoms with van der Waals surface area (Å²) >= 11 is 0. The van der Waals surface area contributed by atoms with Gasteiger partial charge in [-0.3, -0.25) is 0 Å². The maximum Gasteiger partial charge on any atom is 0.241 e. The molecule has 0 aliphatic heterocycles. The van der Waals surface area contributed by atoms with Crippen LogP contribution in [-0.2, 0) is 15.4 Å². The highest BCUT2D eigenvalue weighted by Crippen LogP contribution is 2.28. The quantitative estimate of drug-likeness (QED) is 0.795. The summed E-state index contributed by atoms with van der Waals surface area (Å²) < 4.78 is 29.0. The van der Waals surface area contributed by atoms with Gasteiger partial charge >= 0.3 is 0 Å². The van der Waals surface area contributed by atoms with Crippen molar-refractivity contribution in [2.75, 3.05) is 0 Å². The first kappa shape index (κ1) is 20.7. The maximum absolute atomic E-state index is 13.1. The molecule has 0 saturated heterocycles. The van der Waals surface area contributed by atoms with Crippen molar-refractivity contribution < 1.29 is 8.42 Å². The van der Waals surface area contributed by atoms with Gasteiger partial charge in [-0.15, -0.1) is 0 Å². The zero-order chi connectivity index (χ0) is 19.9. The molecule has 3 nitrogen and oxygen atoms in total. The van der Waals surface area contributed by atoms with Gasteiger partial charge in [0.05, 0.1) is 4.90 Å². The Labute approximate surface area is 158 Å². The van der Waals surface area contributed by atoms with Gasteiger partial charge in [0.1, 0.15) is 0 Å². The molecular formula is C22H31NO2S. The predicted molar refractivity (Wildman–Crippen MR) is 109 cm³/mol. The van der Waals surface area contributed by atoms with E-state index in [2.05, 4.69) is 37.6 Å². The topological polar surface area (TPSA) is 46.2 Å². The number of sulfonamides is 1. The number of nitrogens with one attached hydrogen (secondary N) is 1. The Kier molecular flexibility index (Phi) is 5.69. The van der Waals surface area contributed by atoms with Crippen molar-refractivity contribution in [2.45, 2.75) is 71.7 Å². The molecule has 1 atom stereocenters. The molecule has 0 saturated carbocycles. The molecule has 1 unspecified atom stereocenters. The van der Waals surface area contributed by atoms with E-state index in [9.17, 15) is 8.42 Å². The van der Waals surface area contributed by atoms with E-state index in [4.69, 9.17) is 0 Å². The second-order valence-electron chi connectivity index (χ2n) is 8.30. The molecule has 4 heteroatoms. The van der Waals surface area contributed by atoms with Gasteiger partial charge in [0.15, 0.2) is 0 Å². The van der Waals surface area contributed by atoms with Crippen molar-refractivity contribution >= 4 is 10.0 Å². The van der Waals surface area contributed by atoms with E-state index in [-0.39, 0.29) is 11.5 Å². The lowest BCUT2D eigenvalue weighted by Crippen LogP contribution is -2.28. The van der Waals surface area contributed by atoms with Crippen LogP contribution in [0, 0.1) is 27.7 Å². The van der Waals surface area contributed by atoms with Crippen LogP contribution in [0.5, 0.6) is 0 Å². The molecule has 0 heterocycles. The highest BCUT2D eigenvalue weighted by Gasteiger charge is 2.24. The molecule has 0 bridgehead atoms. The van der Waals surface area contributed by atoms with Crippen molar-refractivity contribution in [1.29, 1.82) is 0 Å². The molecule has 1 N–H and O–H groups in total. The predicted octanol–water partition coefficient (Wildman–Crippen LogP) is 5.26. The Hall–Kier alpha value is -1.65. The van der Waals surface area contributed by atoms with Crippen molar-refractivity contribution in [3.05, 3.63) is 63.7 Å². The number of hydrogen-bond acceptors (Lipinski definition) is 2. The zero-order valence-corrected chi connectivity index (χ0v) is 18.0. The van der Waals surface area contributed by atoms with Gasteiger partial charge in [-0.2, -0.15) is 0 Å². The van der Waals surface area contributed by atoms with Gasteiger partial charge in [0.2, 0.25) is 10.0 Å². The van der Waals surface area contributed by atoms with E-state index < -0.39 is 10.0 Å². The van der Waals surface area contributed by atoms with Gasteiger partial charge in [-0.1, -0.05) is 51.1 Å². The Morgan fingerprint density at radius 1 is 0.885 bits per heavy atom. The summed E-state index contributed by atoms with van der Waals surface area (Å²) in [6.45, 7) is 16.0. The molecule has 2 rings (SSSR count). The van der Waals surface area contributed by atoms with E-state index in [1.165, 1.54) is 5.56 Å². The summed E-state index contributed by atoms with van der Waals surface area (Å²) in [5, 5.41) is 0. The summed E-state index contributed by atoms with van der Waals surface area (Å²) in [5.74, 6) is 0. The third-order valence-corrected chi connectivity index (χ3v) is 6.99. The largest absolute Gasteiger partial charge is 0.241 e. The van der Waals surface area contributed by atoms with E-state index in [1.54, 1.807) is 0 Å². The minimum absolute atomic E-state index is 0.0780. The van der Waals surface area contributed by atoms with Crippen LogP contribution in [0.4, 0.5) is 0 Å². The summed E-state index contributed by atoms with van der Waals surface area (Å²) in [6, 6.07) is 9.91. The maximum atomic E-state index is 13.1. The molecule has 0 radical (unpaired) electrons. The first-order chi connectivity index (χ1) is 11.8. The lowest BCUT2D eigenvalue weighted by atomic mass is 9.86. The first-order valence-corrected chi connectivity index (χ1v) is 10.5. The fourth-order valence-electron chi connectivity index (χ4n) is 3.22. The van der Waals surface area contributed by atoms with Crippen molar-refractivity contribution in [3.63, 3.8) is 0 Å². The summed E-state index contributed by atoms with van der Waals surface area (Å²) in [6.07, 6.45) is 0. The minimum atomic E-state index is -3.60. The van der Waals surface area contributed by atoms with E-state index >= 15 is 0 Å². The Balaban J connectivity index is 2.36. The standard InChI is InChI=1S/C22H31NO2S/c1-14-13-15(2)17(4)21(16(14)3)26(24,25)23-18(5)19-9-11-20(12-10-19)22(6,7)8/h9-13,18,23H,1-8H3. The molecule has 0 spiro atoms. The molecular weight excluding hydrogens is 342 g/mol. The SMILES string of the molecule is Cc1cc(C)c(C)c(S(=O)(=O)NC(C)c2ccc(C(C)(C)C)cc2)c1C. The Morgan fingerprint density at radius 3 is 1.77 bits per heavy atom. The van der Waals surface area contributed by atoms with Crippen molar-refractivity contribution in [3.8, 4) is 0 Å². The number of aryl methyl sites for hydroxylation is 2. The Morgan fingerprint density at radius 2 is 1.35 bits per heavy atom. The summed E-state index contributed by atoms with van der Waals surface area (Å²) in [4.78, 5) is 0.410. The molecule has 0 amide bonds. The molecule has 2 aromatic carbocycles. The van der Waals surface area contributed by atoms with Gasteiger partial charge in [0, 0.05) is 6.04 Å². The van der Waals surface area contributed by atoms with Gasteiger partial charge in [-0.25, -0.2) is 13.1 Å². The molecule has 0 aliphatic rings. The average molecular weight is 374 g/mol. The summed E-state index contributed by atoms with van der Waals surface area (Å²) in [5.41, 5.74) is 5.89. The average Bonchev–Trinajstić information content (AvgIpc) is 2.52. The fraction of sp³-hybridized carbons (Fsp3) is 0.455. The van der Waals surface area contributed by atoms with Gasteiger partial charge < -0.3 is 0 Å². The minimum Gasteiger partial charge on any atom is -0.207 e. The van der Waals surface area contributed by atoms with Crippen LogP contribution in [0.25, 0.3) is 0 Å². The lowest BCUT2D eigenvalue weighted by Gasteiger charge is -2.22. The smallest absolute Gasteiger partial charge is 0.207 e. The van der Waals surface area contributed by atoms with E-state index in [0.717, 1.165) is 27.8 Å². The molecule has 0 fully saturated rings. The van der Waals surface area contributed by atoms with Crippen LogP contribution in [-0.4, -0.2) is 8.42 Å². The molecule has 0 aromatic heterocycles. The molecule has 2 aromatic rings. The molecule has 142 valence electrons. The van der Waals surface area contributed by atoms with E-state index in [0.29, 0.717) is 4.90 Å². The lowest BCUT2D eigenvalue weighted by molar-refractivity contribution is 0.564. The number of rotatable bonds is 4. The second-order valence-corrected chi connectivity index (χ2v) is 9.96. The second kappa shape index (κ2) is 7.16. The monoisotopic (exact) mass is 373 g/mol. The van der Waals surface area contributed by atoms with Gasteiger partial charge in [-0.05, 0) is 73.4 Å². The first-order valence-electron chi connectivity index (χ1n) is 9.04. The highest BCUT2D eigenvalue weighted by atomic mass is 32.2. The third kappa shape index (κ3) is 4.18. The van der Waals surface area contributed by atoms with Crippen LogP contribution in [0.2, 0.25) is 0 Å². The third-order valence-electron chi connectivity index (χ3n) is 5.17. The fourth-order valence-corrected chi connectivity index (χ4v) is 5.06. The van der Waals surface area contributed by atoms with Crippen LogP contribution >= 0.6 is 0 Å². The van der Waals surface area contributed by atoms with Crippen LogP contribution in [0.3, 0.4) is 0 Å². The highest BCUT2D eigenvalue weighted by molar-refractivity contribution is 7.89. The molecule has 0 aliphatic carbocycles. The number of hydrogen-bond donors (Lipinski definition) is 1. The van der Waals surface area contributed by atoms with Crippen LogP contribution < -0.4 is 4.72 Å². The number of benzene rings is 2. The van der Waals surface area contributed by atoms with Crippen LogP contribution in [0.15, 0.2) is 35.2 Å². The van der Waals surface area contributed by atoms with E-state index in [1.807, 2.05) is 52.8 Å². The Bertz CT molecular complexity index is 878. The van der Waals surface area contributed by atoms with Gasteiger partial charge in [0.25, 0.3) is 0 Å². The van der Waals surface area contributed by atoms with Crippen molar-refractivity contribution in [1.82, 2.24) is 4.72 Å².